The minimum Gasteiger partial charge on any atom is -0.317 e. The number of benzene rings is 1. The third-order valence-corrected chi connectivity index (χ3v) is 7.63. The minimum absolute atomic E-state index is 0.00856. The summed E-state index contributed by atoms with van der Waals surface area (Å²) < 4.78 is 0. The van der Waals surface area contributed by atoms with Crippen LogP contribution in [0.15, 0.2) is 35.7 Å². The van der Waals surface area contributed by atoms with E-state index in [-0.39, 0.29) is 11.7 Å². The van der Waals surface area contributed by atoms with Crippen LogP contribution in [0.4, 0.5) is 5.00 Å². The standard InChI is InChI=1S/C24H28N4O2S2/c1-3-15(2)26-12-10-20(29)28-24-21(17-9-11-25-13-19(17)32-24)23-27-18(14-31-23)22(30)16-7-5-4-6-8-16/h4-8,14-15,25-26H,3,9-13H2,1-2H3,(H,28,29). The minimum atomic E-state index is -0.0828. The summed E-state index contributed by atoms with van der Waals surface area (Å²) in [5.41, 5.74) is 3.28. The van der Waals surface area contributed by atoms with E-state index in [1.165, 1.54) is 21.8 Å². The molecule has 0 bridgehead atoms. The number of carbonyl (C=O) groups is 2. The molecule has 4 rings (SSSR count). The Morgan fingerprint density at radius 1 is 1.25 bits per heavy atom. The number of nitrogens with one attached hydrogen (secondary N) is 3. The van der Waals surface area contributed by atoms with Gasteiger partial charge in [-0.25, -0.2) is 4.98 Å². The Morgan fingerprint density at radius 2 is 2.06 bits per heavy atom. The van der Waals surface area contributed by atoms with Crippen molar-refractivity contribution < 1.29 is 9.59 Å². The summed E-state index contributed by atoms with van der Waals surface area (Å²) in [5, 5.41) is 13.3. The van der Waals surface area contributed by atoms with Crippen molar-refractivity contribution in [2.24, 2.45) is 0 Å². The van der Waals surface area contributed by atoms with E-state index < -0.39 is 0 Å². The van der Waals surface area contributed by atoms with Gasteiger partial charge in [-0.2, -0.15) is 0 Å². The van der Waals surface area contributed by atoms with Crippen molar-refractivity contribution in [3.05, 3.63) is 57.4 Å². The van der Waals surface area contributed by atoms with Crippen LogP contribution >= 0.6 is 22.7 Å². The zero-order valence-electron chi connectivity index (χ0n) is 18.4. The molecule has 1 aliphatic heterocycles. The van der Waals surface area contributed by atoms with Gasteiger partial charge in [0.2, 0.25) is 11.7 Å². The van der Waals surface area contributed by atoms with Crippen LogP contribution in [0.3, 0.4) is 0 Å². The van der Waals surface area contributed by atoms with Crippen LogP contribution in [-0.4, -0.2) is 35.8 Å². The van der Waals surface area contributed by atoms with Crippen LogP contribution in [0.5, 0.6) is 0 Å². The SMILES string of the molecule is CCC(C)NCCC(=O)Nc1sc2c(c1-c1nc(C(=O)c3ccccc3)cs1)CCNC2. The van der Waals surface area contributed by atoms with Gasteiger partial charge < -0.3 is 16.0 Å². The van der Waals surface area contributed by atoms with Gasteiger partial charge in [-0.15, -0.1) is 22.7 Å². The molecule has 0 fully saturated rings. The molecule has 0 radical (unpaired) electrons. The fraction of sp³-hybridized carbons (Fsp3) is 0.375. The maximum Gasteiger partial charge on any atom is 0.226 e. The highest BCUT2D eigenvalue weighted by Crippen LogP contribution is 2.43. The number of thiazole rings is 1. The Labute approximate surface area is 196 Å². The third-order valence-electron chi connectivity index (χ3n) is 5.62. The van der Waals surface area contributed by atoms with Gasteiger partial charge >= 0.3 is 0 Å². The molecule has 1 aliphatic rings. The topological polar surface area (TPSA) is 83.1 Å². The molecule has 3 N–H and O–H groups in total. The number of anilines is 1. The summed E-state index contributed by atoms with van der Waals surface area (Å²) in [4.78, 5) is 31.4. The Bertz CT molecular complexity index is 1090. The lowest BCUT2D eigenvalue weighted by Gasteiger charge is -2.13. The molecule has 0 aliphatic carbocycles. The molecule has 3 aromatic rings. The summed E-state index contributed by atoms with van der Waals surface area (Å²) >= 11 is 3.07. The Hall–Kier alpha value is -2.39. The first-order valence-electron chi connectivity index (χ1n) is 11.0. The zero-order chi connectivity index (χ0) is 22.5. The molecule has 1 atom stereocenters. The average Bonchev–Trinajstić information content (AvgIpc) is 3.43. The maximum absolute atomic E-state index is 12.8. The number of aromatic nitrogens is 1. The number of rotatable bonds is 9. The number of hydrogen-bond donors (Lipinski definition) is 3. The average molecular weight is 469 g/mol. The van der Waals surface area contributed by atoms with E-state index in [9.17, 15) is 9.59 Å². The van der Waals surface area contributed by atoms with E-state index >= 15 is 0 Å². The Kier molecular flexibility index (Phi) is 7.47. The van der Waals surface area contributed by atoms with Crippen LogP contribution in [0.2, 0.25) is 0 Å². The Morgan fingerprint density at radius 3 is 2.84 bits per heavy atom. The number of thiophene rings is 1. The number of ketones is 1. The van der Waals surface area contributed by atoms with Crippen LogP contribution in [0.1, 0.15) is 53.2 Å². The largest absolute Gasteiger partial charge is 0.317 e. The highest BCUT2D eigenvalue weighted by atomic mass is 32.1. The quantitative estimate of drug-likeness (QED) is 0.404. The molecule has 0 saturated carbocycles. The molecule has 3 heterocycles. The second-order valence-corrected chi connectivity index (χ2v) is 9.89. The second-order valence-electron chi connectivity index (χ2n) is 7.93. The number of hydrogen-bond acceptors (Lipinski definition) is 7. The van der Waals surface area contributed by atoms with Crippen LogP contribution in [0, 0.1) is 0 Å². The van der Waals surface area contributed by atoms with E-state index in [4.69, 9.17) is 4.98 Å². The van der Waals surface area contributed by atoms with Crippen LogP contribution < -0.4 is 16.0 Å². The van der Waals surface area contributed by atoms with E-state index in [2.05, 4.69) is 29.8 Å². The van der Waals surface area contributed by atoms with Crippen molar-refractivity contribution in [1.29, 1.82) is 0 Å². The molecule has 1 unspecified atom stereocenters. The van der Waals surface area contributed by atoms with Gasteiger partial charge in [-0.3, -0.25) is 9.59 Å². The van der Waals surface area contributed by atoms with Gasteiger partial charge in [-0.05, 0) is 31.9 Å². The molecule has 0 saturated heterocycles. The summed E-state index contributed by atoms with van der Waals surface area (Å²) in [7, 11) is 0. The maximum atomic E-state index is 12.8. The van der Waals surface area contributed by atoms with Crippen molar-refractivity contribution in [2.45, 2.75) is 45.7 Å². The lowest BCUT2D eigenvalue weighted by molar-refractivity contribution is -0.116. The van der Waals surface area contributed by atoms with Crippen molar-refractivity contribution in [2.75, 3.05) is 18.4 Å². The monoisotopic (exact) mass is 468 g/mol. The Balaban J connectivity index is 1.57. The fourth-order valence-corrected chi connectivity index (χ4v) is 5.82. The van der Waals surface area contributed by atoms with Gasteiger partial charge in [0.25, 0.3) is 0 Å². The first-order valence-corrected chi connectivity index (χ1v) is 12.7. The molecular formula is C24H28N4O2S2. The predicted molar refractivity (Wildman–Crippen MR) is 132 cm³/mol. The lowest BCUT2D eigenvalue weighted by atomic mass is 10.0. The highest BCUT2D eigenvalue weighted by Gasteiger charge is 2.25. The van der Waals surface area contributed by atoms with Gasteiger partial charge in [0.1, 0.15) is 15.7 Å². The van der Waals surface area contributed by atoms with E-state index in [0.29, 0.717) is 30.3 Å². The van der Waals surface area contributed by atoms with Gasteiger partial charge in [0.15, 0.2) is 0 Å². The van der Waals surface area contributed by atoms with Crippen molar-refractivity contribution >= 4 is 39.4 Å². The van der Waals surface area contributed by atoms with Gasteiger partial charge in [0.05, 0.1) is 0 Å². The van der Waals surface area contributed by atoms with Gasteiger partial charge in [-0.1, -0.05) is 37.3 Å². The van der Waals surface area contributed by atoms with E-state index in [1.54, 1.807) is 23.5 Å². The third kappa shape index (κ3) is 5.15. The molecule has 8 heteroatoms. The van der Waals surface area contributed by atoms with E-state index in [0.717, 1.165) is 41.5 Å². The molecule has 0 spiro atoms. The molecule has 168 valence electrons. The van der Waals surface area contributed by atoms with Crippen molar-refractivity contribution in [3.8, 4) is 10.6 Å². The number of carbonyl (C=O) groups excluding carboxylic acids is 2. The first-order chi connectivity index (χ1) is 15.6. The first kappa shape index (κ1) is 22.8. The van der Waals surface area contributed by atoms with E-state index in [1.807, 2.05) is 23.6 Å². The lowest BCUT2D eigenvalue weighted by Crippen LogP contribution is -2.28. The summed E-state index contributed by atoms with van der Waals surface area (Å²) in [5.74, 6) is -0.0914. The smallest absolute Gasteiger partial charge is 0.226 e. The number of fused-ring (bicyclic) bond motifs is 1. The molecule has 6 nitrogen and oxygen atoms in total. The van der Waals surface area contributed by atoms with Crippen molar-refractivity contribution in [1.82, 2.24) is 15.6 Å². The normalized spacial score (nSPS) is 14.1. The molecule has 2 aromatic heterocycles. The summed E-state index contributed by atoms with van der Waals surface area (Å²) in [6.07, 6.45) is 2.33. The van der Waals surface area contributed by atoms with Crippen molar-refractivity contribution in [3.63, 3.8) is 0 Å². The van der Waals surface area contributed by atoms with Crippen LogP contribution in [0.25, 0.3) is 10.6 Å². The highest BCUT2D eigenvalue weighted by molar-refractivity contribution is 7.18. The van der Waals surface area contributed by atoms with Crippen LogP contribution in [-0.2, 0) is 17.8 Å². The molecular weight excluding hydrogens is 440 g/mol. The predicted octanol–water partition coefficient (Wildman–Crippen LogP) is 4.47. The molecule has 32 heavy (non-hydrogen) atoms. The molecule has 1 amide bonds. The molecule has 1 aromatic carbocycles. The summed E-state index contributed by atoms with van der Waals surface area (Å²) in [6, 6.07) is 9.60. The summed E-state index contributed by atoms with van der Waals surface area (Å²) in [6.45, 7) is 6.58. The van der Waals surface area contributed by atoms with Gasteiger partial charge in [0, 0.05) is 46.9 Å². The zero-order valence-corrected chi connectivity index (χ0v) is 20.0. The second kappa shape index (κ2) is 10.5. The number of amides is 1. The number of nitrogens with zero attached hydrogens (tertiary/aromatic N) is 1. The fourth-order valence-electron chi connectivity index (χ4n) is 3.64.